The molecule has 0 heterocycles. The summed E-state index contributed by atoms with van der Waals surface area (Å²) < 4.78 is 0. The van der Waals surface area contributed by atoms with Crippen LogP contribution in [0.25, 0.3) is 0 Å². The molecule has 0 bridgehead atoms. The lowest BCUT2D eigenvalue weighted by Gasteiger charge is -2.04. The molecule has 0 fully saturated rings. The van der Waals surface area contributed by atoms with Crippen molar-refractivity contribution in [3.05, 3.63) is 37.1 Å². The van der Waals surface area contributed by atoms with E-state index in [1.165, 1.54) is 0 Å². The van der Waals surface area contributed by atoms with Crippen LogP contribution in [-0.4, -0.2) is 19.0 Å². The number of hydrogen-bond acceptors (Lipinski definition) is 1. The molecular weight excluding hydrogens is 110 g/mol. The van der Waals surface area contributed by atoms with Crippen LogP contribution in [0.2, 0.25) is 0 Å². The molecule has 0 aromatic rings. The minimum absolute atomic E-state index is 1.04. The predicted molar refractivity (Wildman–Crippen MR) is 42.2 cm³/mol. The van der Waals surface area contributed by atoms with Crippen LogP contribution in [0.15, 0.2) is 37.1 Å². The molecule has 0 N–H and O–H groups in total. The SMILES string of the molecule is C=CC(C=C)=CN(C)C. The lowest BCUT2D eigenvalue weighted by molar-refractivity contribution is 0.561. The molecule has 1 nitrogen and oxygen atoms in total. The fourth-order valence-corrected chi connectivity index (χ4v) is 0.487. The maximum atomic E-state index is 3.62. The molecule has 50 valence electrons. The average molecular weight is 123 g/mol. The molecule has 0 aliphatic carbocycles. The van der Waals surface area contributed by atoms with Crippen molar-refractivity contribution in [3.63, 3.8) is 0 Å². The number of allylic oxidation sites excluding steroid dienone is 3. The number of hydrogen-bond donors (Lipinski definition) is 0. The van der Waals surface area contributed by atoms with Crippen molar-refractivity contribution in [1.29, 1.82) is 0 Å². The predicted octanol–water partition coefficient (Wildman–Crippen LogP) is 1.80. The molecule has 0 aromatic carbocycles. The Bertz CT molecular complexity index is 122. The van der Waals surface area contributed by atoms with Crippen LogP contribution in [-0.2, 0) is 0 Å². The van der Waals surface area contributed by atoms with Crippen molar-refractivity contribution in [2.75, 3.05) is 14.1 Å². The van der Waals surface area contributed by atoms with Gasteiger partial charge in [-0.1, -0.05) is 25.3 Å². The lowest BCUT2D eigenvalue weighted by Crippen LogP contribution is -2.01. The molecule has 0 aliphatic heterocycles. The topological polar surface area (TPSA) is 3.24 Å². The van der Waals surface area contributed by atoms with E-state index < -0.39 is 0 Å². The van der Waals surface area contributed by atoms with Gasteiger partial charge in [-0.05, 0) is 5.57 Å². The van der Waals surface area contributed by atoms with Gasteiger partial charge in [0.05, 0.1) is 0 Å². The Morgan fingerprint density at radius 1 is 1.22 bits per heavy atom. The molecule has 9 heavy (non-hydrogen) atoms. The smallest absolute Gasteiger partial charge is 0.00582 e. The first-order valence-electron chi connectivity index (χ1n) is 2.84. The standard InChI is InChI=1S/C8H13N/c1-5-8(6-2)7-9(3)4/h5-7H,1-2H2,3-4H3. The largest absolute Gasteiger partial charge is 0.383 e. The Morgan fingerprint density at radius 3 is 1.78 bits per heavy atom. The highest BCUT2D eigenvalue weighted by atomic mass is 15.0. The van der Waals surface area contributed by atoms with Gasteiger partial charge in [0.1, 0.15) is 0 Å². The fourth-order valence-electron chi connectivity index (χ4n) is 0.487. The van der Waals surface area contributed by atoms with Gasteiger partial charge in [0.2, 0.25) is 0 Å². The Balaban J connectivity index is 4.06. The summed E-state index contributed by atoms with van der Waals surface area (Å²) in [6.45, 7) is 7.24. The zero-order valence-electron chi connectivity index (χ0n) is 6.09. The first kappa shape index (κ1) is 8.02. The Kier molecular flexibility index (Phi) is 3.52. The van der Waals surface area contributed by atoms with E-state index in [1.54, 1.807) is 12.2 Å². The third-order valence-electron chi connectivity index (χ3n) is 0.879. The first-order chi connectivity index (χ1) is 4.20. The molecule has 0 amide bonds. The highest BCUT2D eigenvalue weighted by molar-refractivity contribution is 5.26. The molecule has 0 spiro atoms. The summed E-state index contributed by atoms with van der Waals surface area (Å²) in [5.41, 5.74) is 1.04. The van der Waals surface area contributed by atoms with Crippen LogP contribution >= 0.6 is 0 Å². The van der Waals surface area contributed by atoms with Crippen molar-refractivity contribution in [2.24, 2.45) is 0 Å². The van der Waals surface area contributed by atoms with E-state index >= 15 is 0 Å². The second kappa shape index (κ2) is 3.96. The van der Waals surface area contributed by atoms with Crippen molar-refractivity contribution >= 4 is 0 Å². The van der Waals surface area contributed by atoms with E-state index in [2.05, 4.69) is 13.2 Å². The normalized spacial score (nSPS) is 7.78. The van der Waals surface area contributed by atoms with Gasteiger partial charge in [-0.2, -0.15) is 0 Å². The Morgan fingerprint density at radius 2 is 1.67 bits per heavy atom. The van der Waals surface area contributed by atoms with Crippen LogP contribution in [0, 0.1) is 0 Å². The van der Waals surface area contributed by atoms with E-state index in [1.807, 2.05) is 25.2 Å². The quantitative estimate of drug-likeness (QED) is 0.517. The Labute approximate surface area is 57.0 Å². The molecular formula is C8H13N. The van der Waals surface area contributed by atoms with Crippen molar-refractivity contribution in [1.82, 2.24) is 4.90 Å². The maximum absolute atomic E-state index is 3.62. The van der Waals surface area contributed by atoms with Crippen molar-refractivity contribution < 1.29 is 0 Å². The number of rotatable bonds is 3. The summed E-state index contributed by atoms with van der Waals surface area (Å²) in [5.74, 6) is 0. The molecule has 1 heteroatoms. The van der Waals surface area contributed by atoms with Crippen LogP contribution < -0.4 is 0 Å². The first-order valence-corrected chi connectivity index (χ1v) is 2.84. The molecule has 0 atom stereocenters. The van der Waals surface area contributed by atoms with E-state index in [9.17, 15) is 0 Å². The summed E-state index contributed by atoms with van der Waals surface area (Å²) >= 11 is 0. The summed E-state index contributed by atoms with van der Waals surface area (Å²) in [5, 5.41) is 0. The summed E-state index contributed by atoms with van der Waals surface area (Å²) in [7, 11) is 3.93. The van der Waals surface area contributed by atoms with Crippen LogP contribution in [0.4, 0.5) is 0 Å². The van der Waals surface area contributed by atoms with E-state index in [-0.39, 0.29) is 0 Å². The third-order valence-corrected chi connectivity index (χ3v) is 0.879. The zero-order valence-corrected chi connectivity index (χ0v) is 6.09. The van der Waals surface area contributed by atoms with E-state index in [0.717, 1.165) is 5.57 Å². The van der Waals surface area contributed by atoms with Gasteiger partial charge in [0, 0.05) is 20.3 Å². The minimum Gasteiger partial charge on any atom is -0.383 e. The van der Waals surface area contributed by atoms with Gasteiger partial charge >= 0.3 is 0 Å². The second-order valence-corrected chi connectivity index (χ2v) is 2.00. The van der Waals surface area contributed by atoms with Crippen LogP contribution in [0.3, 0.4) is 0 Å². The maximum Gasteiger partial charge on any atom is 0.00582 e. The van der Waals surface area contributed by atoms with Gasteiger partial charge in [-0.15, -0.1) is 0 Å². The minimum atomic E-state index is 1.04. The highest BCUT2D eigenvalue weighted by Crippen LogP contribution is 1.95. The van der Waals surface area contributed by atoms with Crippen LogP contribution in [0.5, 0.6) is 0 Å². The van der Waals surface area contributed by atoms with Gasteiger partial charge in [-0.25, -0.2) is 0 Å². The van der Waals surface area contributed by atoms with E-state index in [4.69, 9.17) is 0 Å². The van der Waals surface area contributed by atoms with Crippen LogP contribution in [0.1, 0.15) is 0 Å². The van der Waals surface area contributed by atoms with Crippen molar-refractivity contribution in [3.8, 4) is 0 Å². The van der Waals surface area contributed by atoms with Gasteiger partial charge in [0.25, 0.3) is 0 Å². The fraction of sp³-hybridized carbons (Fsp3) is 0.250. The zero-order chi connectivity index (χ0) is 7.28. The van der Waals surface area contributed by atoms with Gasteiger partial charge in [-0.3, -0.25) is 0 Å². The Hall–Kier alpha value is -0.980. The summed E-state index contributed by atoms with van der Waals surface area (Å²) in [4.78, 5) is 1.96. The molecule has 0 aromatic heterocycles. The molecule has 0 saturated heterocycles. The molecule has 0 saturated carbocycles. The highest BCUT2D eigenvalue weighted by Gasteiger charge is 1.81. The molecule has 0 radical (unpaired) electrons. The number of nitrogens with zero attached hydrogens (tertiary/aromatic N) is 1. The van der Waals surface area contributed by atoms with Crippen molar-refractivity contribution in [2.45, 2.75) is 0 Å². The van der Waals surface area contributed by atoms with Gasteiger partial charge < -0.3 is 4.90 Å². The van der Waals surface area contributed by atoms with Gasteiger partial charge in [0.15, 0.2) is 0 Å². The second-order valence-electron chi connectivity index (χ2n) is 2.00. The molecule has 0 unspecified atom stereocenters. The monoisotopic (exact) mass is 123 g/mol. The molecule has 0 rings (SSSR count). The third kappa shape index (κ3) is 3.59. The summed E-state index contributed by atoms with van der Waals surface area (Å²) in [6, 6.07) is 0. The lowest BCUT2D eigenvalue weighted by atomic mass is 10.3. The summed E-state index contributed by atoms with van der Waals surface area (Å²) in [6.07, 6.45) is 5.50. The van der Waals surface area contributed by atoms with E-state index in [0.29, 0.717) is 0 Å². The average Bonchev–Trinajstić information content (AvgIpc) is 1.82. The molecule has 0 aliphatic rings.